The van der Waals surface area contributed by atoms with Gasteiger partial charge in [0, 0.05) is 19.3 Å². The molecule has 0 aromatic carbocycles. The number of hydrogen-bond donors (Lipinski definition) is 1. The number of nitrogens with two attached hydrogens (primary N) is 1. The van der Waals surface area contributed by atoms with Gasteiger partial charge in [0.15, 0.2) is 0 Å². The average Bonchev–Trinajstić information content (AvgIpc) is 2.68. The maximum Gasteiger partial charge on any atom is 0.0617 e. The van der Waals surface area contributed by atoms with E-state index in [1.807, 2.05) is 0 Å². The van der Waals surface area contributed by atoms with E-state index in [1.54, 1.807) is 0 Å². The average molecular weight is 201 g/mol. The fraction of sp³-hybridized carbons (Fsp3) is 1.00. The van der Waals surface area contributed by atoms with E-state index in [4.69, 9.17) is 15.2 Å². The van der Waals surface area contributed by atoms with Crippen molar-refractivity contribution >= 4 is 0 Å². The molecule has 1 aliphatic rings. The van der Waals surface area contributed by atoms with Gasteiger partial charge in [-0.3, -0.25) is 0 Å². The summed E-state index contributed by atoms with van der Waals surface area (Å²) in [6, 6.07) is 0.186. The van der Waals surface area contributed by atoms with Crippen LogP contribution >= 0.6 is 0 Å². The summed E-state index contributed by atoms with van der Waals surface area (Å²) in [7, 11) is 0. The molecule has 2 atom stereocenters. The van der Waals surface area contributed by atoms with Gasteiger partial charge in [0.05, 0.1) is 12.7 Å². The molecule has 14 heavy (non-hydrogen) atoms. The molecule has 1 heterocycles. The van der Waals surface area contributed by atoms with Crippen molar-refractivity contribution in [2.75, 3.05) is 19.8 Å². The molecule has 0 spiro atoms. The molecule has 2 N–H and O–H groups in total. The quantitative estimate of drug-likeness (QED) is 0.638. The maximum absolute atomic E-state index is 5.91. The summed E-state index contributed by atoms with van der Waals surface area (Å²) >= 11 is 0. The summed E-state index contributed by atoms with van der Waals surface area (Å²) in [5.41, 5.74) is 5.91. The molecule has 0 aliphatic carbocycles. The van der Waals surface area contributed by atoms with Crippen LogP contribution in [-0.4, -0.2) is 32.0 Å². The minimum atomic E-state index is 0.186. The third kappa shape index (κ3) is 4.94. The van der Waals surface area contributed by atoms with Crippen LogP contribution in [0.2, 0.25) is 0 Å². The fourth-order valence-electron chi connectivity index (χ4n) is 1.73. The van der Waals surface area contributed by atoms with Crippen LogP contribution in [0.5, 0.6) is 0 Å². The summed E-state index contributed by atoms with van der Waals surface area (Å²) in [6.07, 6.45) is 6.07. The van der Waals surface area contributed by atoms with Crippen LogP contribution in [0.15, 0.2) is 0 Å². The van der Waals surface area contributed by atoms with Crippen LogP contribution in [0.4, 0.5) is 0 Å². The Balaban J connectivity index is 1.93. The van der Waals surface area contributed by atoms with Crippen molar-refractivity contribution in [3.63, 3.8) is 0 Å². The lowest BCUT2D eigenvalue weighted by atomic mass is 10.1. The van der Waals surface area contributed by atoms with E-state index in [9.17, 15) is 0 Å². The van der Waals surface area contributed by atoms with Gasteiger partial charge in [0.1, 0.15) is 0 Å². The van der Waals surface area contributed by atoms with Crippen LogP contribution < -0.4 is 5.73 Å². The smallest absolute Gasteiger partial charge is 0.0617 e. The first-order chi connectivity index (χ1) is 6.83. The lowest BCUT2D eigenvalue weighted by molar-refractivity contribution is 0.0882. The molecule has 0 aromatic rings. The Morgan fingerprint density at radius 1 is 1.57 bits per heavy atom. The fourth-order valence-corrected chi connectivity index (χ4v) is 1.73. The molecule has 1 aliphatic heterocycles. The van der Waals surface area contributed by atoms with E-state index in [0.717, 1.165) is 32.5 Å². The van der Waals surface area contributed by atoms with E-state index < -0.39 is 0 Å². The highest BCUT2D eigenvalue weighted by Gasteiger charge is 2.16. The molecule has 84 valence electrons. The van der Waals surface area contributed by atoms with E-state index in [1.165, 1.54) is 12.8 Å². The van der Waals surface area contributed by atoms with Crippen LogP contribution in [0.1, 0.15) is 39.0 Å². The molecule has 0 aromatic heterocycles. The van der Waals surface area contributed by atoms with Gasteiger partial charge in [-0.05, 0) is 32.1 Å². The predicted molar refractivity (Wildman–Crippen MR) is 57.3 cm³/mol. The highest BCUT2D eigenvalue weighted by molar-refractivity contribution is 4.69. The first kappa shape index (κ1) is 12.0. The van der Waals surface area contributed by atoms with E-state index in [2.05, 4.69) is 6.92 Å². The Kier molecular flexibility index (Phi) is 6.15. The van der Waals surface area contributed by atoms with Gasteiger partial charge in [0.2, 0.25) is 0 Å². The first-order valence-electron chi connectivity index (χ1n) is 5.78. The molecule has 1 saturated heterocycles. The van der Waals surface area contributed by atoms with Gasteiger partial charge in [-0.25, -0.2) is 0 Å². The second-order valence-corrected chi connectivity index (χ2v) is 4.05. The van der Waals surface area contributed by atoms with E-state index >= 15 is 0 Å². The molecule has 3 nitrogen and oxygen atoms in total. The van der Waals surface area contributed by atoms with Gasteiger partial charge in [-0.1, -0.05) is 6.92 Å². The predicted octanol–water partition coefficient (Wildman–Crippen LogP) is 1.70. The SMILES string of the molecule is CCCOCC(N)CCC1CCCO1. The van der Waals surface area contributed by atoms with Crippen LogP contribution in [0, 0.1) is 0 Å². The third-order valence-corrected chi connectivity index (χ3v) is 2.56. The highest BCUT2D eigenvalue weighted by atomic mass is 16.5. The molecule has 0 radical (unpaired) electrons. The van der Waals surface area contributed by atoms with Crippen LogP contribution in [0.25, 0.3) is 0 Å². The number of hydrogen-bond acceptors (Lipinski definition) is 3. The van der Waals surface area contributed by atoms with Crippen molar-refractivity contribution in [3.05, 3.63) is 0 Å². The van der Waals surface area contributed by atoms with Crippen LogP contribution in [-0.2, 0) is 9.47 Å². The molecule has 1 fully saturated rings. The van der Waals surface area contributed by atoms with Crippen molar-refractivity contribution in [2.45, 2.75) is 51.2 Å². The van der Waals surface area contributed by atoms with Gasteiger partial charge < -0.3 is 15.2 Å². The molecule has 1 rings (SSSR count). The van der Waals surface area contributed by atoms with E-state index in [-0.39, 0.29) is 6.04 Å². The molecular formula is C11H23NO2. The number of ether oxygens (including phenoxy) is 2. The van der Waals surface area contributed by atoms with Gasteiger partial charge in [-0.2, -0.15) is 0 Å². The van der Waals surface area contributed by atoms with Crippen molar-refractivity contribution in [1.82, 2.24) is 0 Å². The van der Waals surface area contributed by atoms with Crippen molar-refractivity contribution in [3.8, 4) is 0 Å². The van der Waals surface area contributed by atoms with E-state index in [0.29, 0.717) is 12.7 Å². The molecule has 0 bridgehead atoms. The zero-order valence-electron chi connectivity index (χ0n) is 9.21. The Bertz CT molecular complexity index is 135. The Morgan fingerprint density at radius 3 is 3.07 bits per heavy atom. The monoisotopic (exact) mass is 201 g/mol. The topological polar surface area (TPSA) is 44.5 Å². The Hall–Kier alpha value is -0.120. The zero-order chi connectivity index (χ0) is 10.2. The zero-order valence-corrected chi connectivity index (χ0v) is 9.21. The molecule has 0 amide bonds. The maximum atomic E-state index is 5.91. The van der Waals surface area contributed by atoms with Crippen LogP contribution in [0.3, 0.4) is 0 Å². The van der Waals surface area contributed by atoms with Gasteiger partial charge in [-0.15, -0.1) is 0 Å². The summed E-state index contributed by atoms with van der Waals surface area (Å²) < 4.78 is 10.9. The minimum absolute atomic E-state index is 0.186. The summed E-state index contributed by atoms with van der Waals surface area (Å²) in [6.45, 7) is 4.57. The first-order valence-corrected chi connectivity index (χ1v) is 5.78. The van der Waals surface area contributed by atoms with Crippen molar-refractivity contribution in [2.24, 2.45) is 5.73 Å². The lowest BCUT2D eigenvalue weighted by Gasteiger charge is -2.14. The second-order valence-electron chi connectivity index (χ2n) is 4.05. The standard InChI is InChI=1S/C11H23NO2/c1-2-7-13-9-10(12)5-6-11-4-3-8-14-11/h10-11H,2-9,12H2,1H3. The Morgan fingerprint density at radius 2 is 2.43 bits per heavy atom. The highest BCUT2D eigenvalue weighted by Crippen LogP contribution is 2.17. The van der Waals surface area contributed by atoms with Crippen molar-refractivity contribution < 1.29 is 9.47 Å². The number of rotatable bonds is 7. The molecule has 2 unspecified atom stereocenters. The van der Waals surface area contributed by atoms with Gasteiger partial charge >= 0.3 is 0 Å². The summed E-state index contributed by atoms with van der Waals surface area (Å²) in [4.78, 5) is 0. The second kappa shape index (κ2) is 7.21. The molecule has 0 saturated carbocycles. The third-order valence-electron chi connectivity index (χ3n) is 2.56. The van der Waals surface area contributed by atoms with Gasteiger partial charge in [0.25, 0.3) is 0 Å². The summed E-state index contributed by atoms with van der Waals surface area (Å²) in [5.74, 6) is 0. The largest absolute Gasteiger partial charge is 0.380 e. The normalized spacial score (nSPS) is 24.0. The summed E-state index contributed by atoms with van der Waals surface area (Å²) in [5, 5.41) is 0. The Labute approximate surface area is 86.9 Å². The molecular weight excluding hydrogens is 178 g/mol. The lowest BCUT2D eigenvalue weighted by Crippen LogP contribution is -2.27. The molecule has 3 heteroatoms. The minimum Gasteiger partial charge on any atom is -0.380 e. The van der Waals surface area contributed by atoms with Crippen molar-refractivity contribution in [1.29, 1.82) is 0 Å².